The third kappa shape index (κ3) is 3.29. The third-order valence-electron chi connectivity index (χ3n) is 3.08. The Morgan fingerprint density at radius 3 is 2.29 bits per heavy atom. The molecule has 4 atom stereocenters. The minimum Gasteiger partial charge on any atom is -0.394 e. The first kappa shape index (κ1) is 16.4. The fourth-order valence-electron chi connectivity index (χ4n) is 1.85. The maximum absolute atomic E-state index is 9.98. The normalized spacial score (nSPS) is 17.7. The van der Waals surface area contributed by atoms with Gasteiger partial charge in [-0.15, -0.1) is 0 Å². The summed E-state index contributed by atoms with van der Waals surface area (Å²) < 4.78 is 0. The summed E-state index contributed by atoms with van der Waals surface area (Å²) in [6.07, 6.45) is -6.64. The SMILES string of the molecule is OCC(O)C(O)C(O)C(O)c1nc2cc(Cl)c(Cl)cc2[nH]1. The fourth-order valence-corrected chi connectivity index (χ4v) is 2.17. The predicted octanol–water partition coefficient (Wildman–Crippen LogP) is -0.0219. The molecule has 21 heavy (non-hydrogen) atoms. The molecule has 0 aliphatic rings. The number of halogens is 2. The van der Waals surface area contributed by atoms with Gasteiger partial charge in [-0.2, -0.15) is 0 Å². The minimum absolute atomic E-state index is 0.0278. The second-order valence-corrected chi connectivity index (χ2v) is 5.40. The maximum Gasteiger partial charge on any atom is 0.140 e. The summed E-state index contributed by atoms with van der Waals surface area (Å²) in [5, 5.41) is 47.9. The molecule has 4 unspecified atom stereocenters. The van der Waals surface area contributed by atoms with Crippen LogP contribution in [-0.2, 0) is 0 Å². The highest BCUT2D eigenvalue weighted by Gasteiger charge is 2.32. The Hall–Kier alpha value is -0.930. The number of nitrogens with zero attached hydrogens (tertiary/aromatic N) is 1. The number of aliphatic hydroxyl groups is 5. The van der Waals surface area contributed by atoms with Gasteiger partial charge in [0.05, 0.1) is 27.7 Å². The topological polar surface area (TPSA) is 130 Å². The van der Waals surface area contributed by atoms with Gasteiger partial charge in [-0.3, -0.25) is 0 Å². The lowest BCUT2D eigenvalue weighted by atomic mass is 10.0. The molecule has 0 radical (unpaired) electrons. The van der Waals surface area contributed by atoms with Crippen molar-refractivity contribution in [2.75, 3.05) is 6.61 Å². The lowest BCUT2D eigenvalue weighted by Gasteiger charge is -2.24. The number of hydrogen-bond acceptors (Lipinski definition) is 6. The Bertz CT molecular complexity index is 596. The monoisotopic (exact) mass is 336 g/mol. The highest BCUT2D eigenvalue weighted by atomic mass is 35.5. The molecule has 0 amide bonds. The standard InChI is InChI=1S/C12H14Cl2N2O5/c13-4-1-6-7(2-5(4)14)16-12(15-6)11(21)10(20)9(19)8(18)3-17/h1-2,8-11,17-21H,3H2,(H,15,16). The molecule has 0 spiro atoms. The zero-order valence-corrected chi connectivity index (χ0v) is 12.1. The summed E-state index contributed by atoms with van der Waals surface area (Å²) in [7, 11) is 0. The van der Waals surface area contributed by atoms with Gasteiger partial charge in [-0.05, 0) is 12.1 Å². The second-order valence-electron chi connectivity index (χ2n) is 4.58. The van der Waals surface area contributed by atoms with Gasteiger partial charge in [0.2, 0.25) is 0 Å². The van der Waals surface area contributed by atoms with E-state index in [2.05, 4.69) is 9.97 Å². The van der Waals surface area contributed by atoms with Crippen LogP contribution in [0, 0.1) is 0 Å². The molecule has 6 N–H and O–H groups in total. The van der Waals surface area contributed by atoms with Crippen LogP contribution < -0.4 is 0 Å². The van der Waals surface area contributed by atoms with E-state index in [0.29, 0.717) is 16.1 Å². The summed E-state index contributed by atoms with van der Waals surface area (Å²) in [5.41, 5.74) is 0.908. The van der Waals surface area contributed by atoms with Crippen molar-refractivity contribution in [1.82, 2.24) is 9.97 Å². The number of rotatable bonds is 5. The summed E-state index contributed by atoms with van der Waals surface area (Å²) in [6, 6.07) is 2.99. The molecule has 2 rings (SSSR count). The number of benzene rings is 1. The summed E-state index contributed by atoms with van der Waals surface area (Å²) in [5.74, 6) is -0.0278. The zero-order chi connectivity index (χ0) is 15.7. The largest absolute Gasteiger partial charge is 0.394 e. The van der Waals surface area contributed by atoms with Crippen molar-refractivity contribution in [3.8, 4) is 0 Å². The number of aromatic nitrogens is 2. The minimum atomic E-state index is -1.74. The molecule has 0 saturated carbocycles. The van der Waals surface area contributed by atoms with Crippen molar-refractivity contribution in [3.63, 3.8) is 0 Å². The third-order valence-corrected chi connectivity index (χ3v) is 3.80. The smallest absolute Gasteiger partial charge is 0.140 e. The fraction of sp³-hybridized carbons (Fsp3) is 0.417. The summed E-state index contributed by atoms with van der Waals surface area (Å²) >= 11 is 11.7. The molecule has 116 valence electrons. The molecule has 0 bridgehead atoms. The van der Waals surface area contributed by atoms with Gasteiger partial charge in [0, 0.05) is 0 Å². The number of aromatic amines is 1. The van der Waals surface area contributed by atoms with Crippen molar-refractivity contribution < 1.29 is 25.5 Å². The van der Waals surface area contributed by atoms with Gasteiger partial charge in [-0.1, -0.05) is 23.2 Å². The van der Waals surface area contributed by atoms with Crippen molar-refractivity contribution in [3.05, 3.63) is 28.0 Å². The van der Waals surface area contributed by atoms with Crippen molar-refractivity contribution >= 4 is 34.2 Å². The summed E-state index contributed by atoms with van der Waals surface area (Å²) in [4.78, 5) is 6.78. The van der Waals surface area contributed by atoms with E-state index in [1.165, 1.54) is 12.1 Å². The molecule has 7 nitrogen and oxygen atoms in total. The first-order chi connectivity index (χ1) is 9.85. The van der Waals surface area contributed by atoms with Gasteiger partial charge in [0.1, 0.15) is 30.2 Å². The van der Waals surface area contributed by atoms with E-state index >= 15 is 0 Å². The van der Waals surface area contributed by atoms with Crippen LogP contribution in [0.3, 0.4) is 0 Å². The number of hydrogen-bond donors (Lipinski definition) is 6. The van der Waals surface area contributed by atoms with Gasteiger partial charge < -0.3 is 30.5 Å². The molecular weight excluding hydrogens is 323 g/mol. The van der Waals surface area contributed by atoms with E-state index in [4.69, 9.17) is 28.3 Å². The van der Waals surface area contributed by atoms with E-state index in [1.807, 2.05) is 0 Å². The lowest BCUT2D eigenvalue weighted by Crippen LogP contribution is -2.42. The van der Waals surface area contributed by atoms with Gasteiger partial charge in [0.15, 0.2) is 0 Å². The Morgan fingerprint density at radius 1 is 1.05 bits per heavy atom. The molecule has 2 aromatic rings. The Balaban J connectivity index is 2.28. The summed E-state index contributed by atoms with van der Waals surface area (Å²) in [6.45, 7) is -0.754. The van der Waals surface area contributed by atoms with Crippen LogP contribution in [0.5, 0.6) is 0 Å². The van der Waals surface area contributed by atoms with Gasteiger partial charge in [-0.25, -0.2) is 4.98 Å². The van der Waals surface area contributed by atoms with Crippen LogP contribution in [0.25, 0.3) is 11.0 Å². The van der Waals surface area contributed by atoms with Crippen LogP contribution in [0.2, 0.25) is 10.0 Å². The van der Waals surface area contributed by atoms with Gasteiger partial charge in [0.25, 0.3) is 0 Å². The highest BCUT2D eigenvalue weighted by Crippen LogP contribution is 2.28. The van der Waals surface area contributed by atoms with E-state index in [-0.39, 0.29) is 10.8 Å². The average molecular weight is 337 g/mol. The van der Waals surface area contributed by atoms with Crippen molar-refractivity contribution in [1.29, 1.82) is 0 Å². The molecule has 0 saturated heterocycles. The molecule has 0 aliphatic heterocycles. The number of nitrogens with one attached hydrogen (secondary N) is 1. The molecule has 9 heteroatoms. The molecule has 1 heterocycles. The Kier molecular flexibility index (Phi) is 5.05. The van der Waals surface area contributed by atoms with E-state index in [1.54, 1.807) is 0 Å². The first-order valence-electron chi connectivity index (χ1n) is 6.03. The number of fused-ring (bicyclic) bond motifs is 1. The van der Waals surface area contributed by atoms with Crippen LogP contribution >= 0.6 is 23.2 Å². The molecule has 0 fully saturated rings. The van der Waals surface area contributed by atoms with Crippen molar-refractivity contribution in [2.24, 2.45) is 0 Å². The van der Waals surface area contributed by atoms with E-state index < -0.39 is 31.0 Å². The molecule has 1 aromatic heterocycles. The highest BCUT2D eigenvalue weighted by molar-refractivity contribution is 6.42. The average Bonchev–Trinajstić information content (AvgIpc) is 2.87. The van der Waals surface area contributed by atoms with Crippen LogP contribution in [0.4, 0.5) is 0 Å². The quantitative estimate of drug-likeness (QED) is 0.455. The lowest BCUT2D eigenvalue weighted by molar-refractivity contribution is -0.117. The molecule has 1 aromatic carbocycles. The van der Waals surface area contributed by atoms with E-state index in [9.17, 15) is 20.4 Å². The van der Waals surface area contributed by atoms with Gasteiger partial charge >= 0.3 is 0 Å². The van der Waals surface area contributed by atoms with E-state index in [0.717, 1.165) is 0 Å². The second kappa shape index (κ2) is 6.45. The number of H-pyrrole nitrogens is 1. The zero-order valence-electron chi connectivity index (χ0n) is 10.6. The Labute approximate surface area is 129 Å². The van der Waals surface area contributed by atoms with Crippen molar-refractivity contribution in [2.45, 2.75) is 24.4 Å². The first-order valence-corrected chi connectivity index (χ1v) is 6.78. The Morgan fingerprint density at radius 2 is 1.67 bits per heavy atom. The molecule has 0 aliphatic carbocycles. The predicted molar refractivity (Wildman–Crippen MR) is 76.2 cm³/mol. The van der Waals surface area contributed by atoms with Crippen LogP contribution in [-0.4, -0.2) is 60.4 Å². The maximum atomic E-state index is 9.98. The molecular formula is C12H14Cl2N2O5. The number of imidazole rings is 1. The number of aliphatic hydroxyl groups excluding tert-OH is 5. The van der Waals surface area contributed by atoms with Crippen LogP contribution in [0.1, 0.15) is 11.9 Å². The van der Waals surface area contributed by atoms with Crippen LogP contribution in [0.15, 0.2) is 12.1 Å².